The van der Waals surface area contributed by atoms with Crippen molar-refractivity contribution in [3.8, 4) is 5.75 Å². The van der Waals surface area contributed by atoms with Gasteiger partial charge in [-0.1, -0.05) is 17.3 Å². The first-order valence-corrected chi connectivity index (χ1v) is 4.79. The molecule has 14 heavy (non-hydrogen) atoms. The van der Waals surface area contributed by atoms with Crippen molar-refractivity contribution in [1.82, 2.24) is 0 Å². The Morgan fingerprint density at radius 2 is 2.29 bits per heavy atom. The Kier molecular flexibility index (Phi) is 1.54. The van der Waals surface area contributed by atoms with Gasteiger partial charge in [-0.15, -0.1) is 0 Å². The Morgan fingerprint density at radius 1 is 1.36 bits per heavy atom. The number of nitrogens with zero attached hydrogens (tertiary/aromatic N) is 1. The summed E-state index contributed by atoms with van der Waals surface area (Å²) in [5, 5.41) is 4.10. The van der Waals surface area contributed by atoms with E-state index in [1.54, 1.807) is 0 Å². The SMILES string of the molecule is Cc1cccc2c1C1=NOCC1CO2. The molecular formula is C11H11NO2. The van der Waals surface area contributed by atoms with Crippen molar-refractivity contribution in [2.45, 2.75) is 6.92 Å². The quantitative estimate of drug-likeness (QED) is 0.622. The second-order valence-electron chi connectivity index (χ2n) is 3.73. The summed E-state index contributed by atoms with van der Waals surface area (Å²) in [4.78, 5) is 5.11. The molecule has 0 amide bonds. The molecule has 2 aliphatic heterocycles. The molecule has 2 heterocycles. The lowest BCUT2D eigenvalue weighted by Crippen LogP contribution is -2.28. The lowest BCUT2D eigenvalue weighted by Gasteiger charge is -2.22. The third kappa shape index (κ3) is 0.953. The molecule has 3 heteroatoms. The molecule has 0 aromatic heterocycles. The van der Waals surface area contributed by atoms with Gasteiger partial charge in [0.05, 0.1) is 5.92 Å². The number of aryl methyl sites for hydroxylation is 1. The predicted octanol–water partition coefficient (Wildman–Crippen LogP) is 1.74. The van der Waals surface area contributed by atoms with Gasteiger partial charge < -0.3 is 9.57 Å². The highest BCUT2D eigenvalue weighted by atomic mass is 16.6. The normalized spacial score (nSPS) is 22.9. The number of ether oxygens (including phenoxy) is 1. The van der Waals surface area contributed by atoms with Crippen molar-refractivity contribution >= 4 is 5.71 Å². The van der Waals surface area contributed by atoms with Crippen LogP contribution in [0.5, 0.6) is 5.75 Å². The van der Waals surface area contributed by atoms with E-state index in [0.29, 0.717) is 19.1 Å². The van der Waals surface area contributed by atoms with E-state index < -0.39 is 0 Å². The zero-order valence-corrected chi connectivity index (χ0v) is 7.99. The van der Waals surface area contributed by atoms with Crippen LogP contribution in [0.3, 0.4) is 0 Å². The Morgan fingerprint density at radius 3 is 3.21 bits per heavy atom. The highest BCUT2D eigenvalue weighted by Gasteiger charge is 2.32. The number of hydrogen-bond acceptors (Lipinski definition) is 3. The molecule has 3 nitrogen and oxygen atoms in total. The number of rotatable bonds is 0. The Hall–Kier alpha value is -1.51. The van der Waals surface area contributed by atoms with Gasteiger partial charge in [-0.2, -0.15) is 0 Å². The van der Waals surface area contributed by atoms with Gasteiger partial charge in [0.1, 0.15) is 24.7 Å². The molecule has 0 fully saturated rings. The van der Waals surface area contributed by atoms with Crippen LogP contribution in [-0.4, -0.2) is 18.9 Å². The van der Waals surface area contributed by atoms with Crippen LogP contribution in [0.25, 0.3) is 0 Å². The number of hydrogen-bond donors (Lipinski definition) is 0. The fraction of sp³-hybridized carbons (Fsp3) is 0.364. The van der Waals surface area contributed by atoms with E-state index in [2.05, 4.69) is 18.1 Å². The third-order valence-electron chi connectivity index (χ3n) is 2.76. The number of fused-ring (bicyclic) bond motifs is 3. The van der Waals surface area contributed by atoms with Gasteiger partial charge >= 0.3 is 0 Å². The standard InChI is InChI=1S/C11H11NO2/c1-7-3-2-4-9-10(7)11-8(5-13-9)6-14-12-11/h2-4,8H,5-6H2,1H3. The van der Waals surface area contributed by atoms with Gasteiger partial charge in [-0.05, 0) is 18.6 Å². The molecule has 1 atom stereocenters. The summed E-state index contributed by atoms with van der Waals surface area (Å²) in [6.07, 6.45) is 0. The molecule has 1 unspecified atom stereocenters. The highest BCUT2D eigenvalue weighted by Crippen LogP contribution is 2.32. The van der Waals surface area contributed by atoms with Crippen molar-refractivity contribution in [2.75, 3.05) is 13.2 Å². The Bertz CT molecular complexity index is 412. The van der Waals surface area contributed by atoms with E-state index in [1.165, 1.54) is 5.56 Å². The summed E-state index contributed by atoms with van der Waals surface area (Å²) < 4.78 is 5.66. The lowest BCUT2D eigenvalue weighted by molar-refractivity contribution is 0.137. The zero-order valence-electron chi connectivity index (χ0n) is 7.99. The van der Waals surface area contributed by atoms with Crippen LogP contribution in [0.15, 0.2) is 23.4 Å². The number of oxime groups is 1. The highest BCUT2D eigenvalue weighted by molar-refractivity contribution is 6.06. The monoisotopic (exact) mass is 189 g/mol. The average Bonchev–Trinajstić information content (AvgIpc) is 2.65. The summed E-state index contributed by atoms with van der Waals surface area (Å²) in [5.41, 5.74) is 3.39. The van der Waals surface area contributed by atoms with Crippen molar-refractivity contribution in [2.24, 2.45) is 11.1 Å². The van der Waals surface area contributed by atoms with Gasteiger partial charge in [0.15, 0.2) is 0 Å². The van der Waals surface area contributed by atoms with E-state index >= 15 is 0 Å². The molecule has 0 radical (unpaired) electrons. The van der Waals surface area contributed by atoms with Gasteiger partial charge in [-0.25, -0.2) is 0 Å². The second kappa shape index (κ2) is 2.74. The van der Waals surface area contributed by atoms with Crippen LogP contribution in [0.2, 0.25) is 0 Å². The summed E-state index contributed by atoms with van der Waals surface area (Å²) >= 11 is 0. The molecule has 1 aromatic rings. The molecule has 0 bridgehead atoms. The predicted molar refractivity (Wildman–Crippen MR) is 52.7 cm³/mol. The van der Waals surface area contributed by atoms with E-state index in [1.807, 2.05) is 12.1 Å². The third-order valence-corrected chi connectivity index (χ3v) is 2.76. The fourth-order valence-electron chi connectivity index (χ4n) is 2.01. The second-order valence-corrected chi connectivity index (χ2v) is 3.73. The maximum absolute atomic E-state index is 5.66. The number of benzene rings is 1. The van der Waals surface area contributed by atoms with Crippen LogP contribution >= 0.6 is 0 Å². The van der Waals surface area contributed by atoms with Gasteiger partial charge in [-0.3, -0.25) is 0 Å². The molecule has 2 aliphatic rings. The maximum Gasteiger partial charge on any atom is 0.129 e. The largest absolute Gasteiger partial charge is 0.492 e. The first-order chi connectivity index (χ1) is 6.86. The van der Waals surface area contributed by atoms with Crippen molar-refractivity contribution < 1.29 is 9.57 Å². The van der Waals surface area contributed by atoms with Crippen LogP contribution in [0.4, 0.5) is 0 Å². The molecular weight excluding hydrogens is 178 g/mol. The molecule has 0 spiro atoms. The minimum atomic E-state index is 0.323. The van der Waals surface area contributed by atoms with Crippen molar-refractivity contribution in [3.63, 3.8) is 0 Å². The minimum Gasteiger partial charge on any atom is -0.492 e. The molecule has 0 N–H and O–H groups in total. The zero-order chi connectivity index (χ0) is 9.54. The minimum absolute atomic E-state index is 0.323. The fourth-order valence-corrected chi connectivity index (χ4v) is 2.01. The molecule has 0 saturated heterocycles. The van der Waals surface area contributed by atoms with Crippen LogP contribution in [-0.2, 0) is 4.84 Å². The maximum atomic E-state index is 5.66. The smallest absolute Gasteiger partial charge is 0.129 e. The van der Waals surface area contributed by atoms with E-state index in [4.69, 9.17) is 9.57 Å². The first-order valence-electron chi connectivity index (χ1n) is 4.79. The van der Waals surface area contributed by atoms with Crippen LogP contribution in [0, 0.1) is 12.8 Å². The van der Waals surface area contributed by atoms with E-state index in [0.717, 1.165) is 17.0 Å². The van der Waals surface area contributed by atoms with Crippen molar-refractivity contribution in [3.05, 3.63) is 29.3 Å². The van der Waals surface area contributed by atoms with Crippen LogP contribution in [0.1, 0.15) is 11.1 Å². The molecule has 72 valence electrons. The summed E-state index contributed by atoms with van der Waals surface area (Å²) in [6, 6.07) is 6.07. The molecule has 1 aromatic carbocycles. The summed E-state index contributed by atoms with van der Waals surface area (Å²) in [5.74, 6) is 1.26. The van der Waals surface area contributed by atoms with E-state index in [9.17, 15) is 0 Å². The van der Waals surface area contributed by atoms with Crippen LogP contribution < -0.4 is 4.74 Å². The first kappa shape index (κ1) is 7.85. The van der Waals surface area contributed by atoms with Crippen molar-refractivity contribution in [1.29, 1.82) is 0 Å². The van der Waals surface area contributed by atoms with Gasteiger partial charge in [0.25, 0.3) is 0 Å². The van der Waals surface area contributed by atoms with E-state index in [-0.39, 0.29) is 0 Å². The van der Waals surface area contributed by atoms with Gasteiger partial charge in [0, 0.05) is 5.56 Å². The van der Waals surface area contributed by atoms with Gasteiger partial charge in [0.2, 0.25) is 0 Å². The molecule has 0 aliphatic carbocycles. The Balaban J connectivity index is 2.21. The Labute approximate surface area is 82.3 Å². The topological polar surface area (TPSA) is 30.8 Å². The molecule has 0 saturated carbocycles. The average molecular weight is 189 g/mol. The molecule has 3 rings (SSSR count). The summed E-state index contributed by atoms with van der Waals surface area (Å²) in [6.45, 7) is 3.42. The lowest BCUT2D eigenvalue weighted by atomic mass is 9.92. The summed E-state index contributed by atoms with van der Waals surface area (Å²) in [7, 11) is 0.